The molecule has 0 saturated heterocycles. The molecule has 2 unspecified atom stereocenters. The van der Waals surface area contributed by atoms with Crippen LogP contribution in [0.1, 0.15) is 72.3 Å². The highest BCUT2D eigenvalue weighted by Crippen LogP contribution is 2.73. The third-order valence-electron chi connectivity index (χ3n) is 10.1. The van der Waals surface area contributed by atoms with E-state index in [1.165, 1.54) is 0 Å². The minimum absolute atomic E-state index is 0.00760. The first-order valence-electron chi connectivity index (χ1n) is 12.3. The van der Waals surface area contributed by atoms with E-state index in [-0.39, 0.29) is 34.7 Å². The van der Waals surface area contributed by atoms with Crippen molar-refractivity contribution in [2.75, 3.05) is 6.61 Å². The highest BCUT2D eigenvalue weighted by atomic mass is 16.5. The normalized spacial score (nSPS) is 43.8. The topological polar surface area (TPSA) is 76.7 Å². The maximum absolute atomic E-state index is 13.8. The Morgan fingerprint density at radius 3 is 2.52 bits per heavy atom. The van der Waals surface area contributed by atoms with Crippen LogP contribution >= 0.6 is 0 Å². The van der Waals surface area contributed by atoms with Gasteiger partial charge in [-0.25, -0.2) is 0 Å². The Bertz CT molecular complexity index is 1060. The van der Waals surface area contributed by atoms with Crippen molar-refractivity contribution in [3.05, 3.63) is 47.6 Å². The van der Waals surface area contributed by atoms with Gasteiger partial charge in [0.25, 0.3) is 0 Å². The van der Waals surface area contributed by atoms with E-state index in [9.17, 15) is 14.7 Å². The number of Topliss-reactive ketones (excluding diaryl/α,β-unsaturated/α-hetero) is 1. The lowest BCUT2D eigenvalue weighted by atomic mass is 9.38. The van der Waals surface area contributed by atoms with E-state index in [0.29, 0.717) is 18.8 Å². The van der Waals surface area contributed by atoms with Crippen molar-refractivity contribution in [2.24, 2.45) is 33.5 Å². The number of aliphatic hydroxyl groups excluding tert-OH is 1. The molecule has 2 fully saturated rings. The number of hydrogen-bond acceptors (Lipinski definition) is 5. The zero-order chi connectivity index (χ0) is 24.0. The number of rotatable bonds is 3. The van der Waals surface area contributed by atoms with E-state index in [1.807, 2.05) is 26.8 Å². The first-order valence-corrected chi connectivity index (χ1v) is 12.3. The van der Waals surface area contributed by atoms with Gasteiger partial charge in [-0.05, 0) is 61.2 Å². The van der Waals surface area contributed by atoms with Crippen LogP contribution in [0.4, 0.5) is 0 Å². The zero-order valence-electron chi connectivity index (χ0n) is 20.6. The van der Waals surface area contributed by atoms with Crippen molar-refractivity contribution >= 4 is 11.6 Å². The van der Waals surface area contributed by atoms with Gasteiger partial charge in [-0.1, -0.05) is 40.7 Å². The summed E-state index contributed by atoms with van der Waals surface area (Å²) in [7, 11) is 0. The second-order valence-electron chi connectivity index (χ2n) is 11.9. The molecule has 1 N–H and O–H groups in total. The molecule has 0 amide bonds. The molecular weight excluding hydrogens is 416 g/mol. The smallest absolute Gasteiger partial charge is 0.205 e. The summed E-state index contributed by atoms with van der Waals surface area (Å²) in [6.07, 6.45) is 8.69. The van der Waals surface area contributed by atoms with Crippen molar-refractivity contribution in [3.8, 4) is 0 Å². The van der Waals surface area contributed by atoms with E-state index in [4.69, 9.17) is 9.15 Å². The number of fused-ring (bicyclic) bond motifs is 5. The molecule has 2 saturated carbocycles. The molecule has 5 rings (SSSR count). The Balaban J connectivity index is 1.71. The van der Waals surface area contributed by atoms with Crippen LogP contribution in [0.15, 0.2) is 46.5 Å². The molecule has 178 valence electrons. The number of carbonyl (C=O) groups excluding carboxylic acids is 2. The molecule has 1 aromatic rings. The van der Waals surface area contributed by atoms with Gasteiger partial charge in [-0.2, -0.15) is 0 Å². The van der Waals surface area contributed by atoms with Crippen molar-refractivity contribution in [1.82, 2.24) is 0 Å². The summed E-state index contributed by atoms with van der Waals surface area (Å²) in [4.78, 5) is 26.6. The number of ketones is 2. The summed E-state index contributed by atoms with van der Waals surface area (Å²) in [6, 6.07) is 1.88. The van der Waals surface area contributed by atoms with Gasteiger partial charge in [0.2, 0.25) is 5.78 Å². The quantitative estimate of drug-likeness (QED) is 0.681. The molecule has 5 nitrogen and oxygen atoms in total. The maximum Gasteiger partial charge on any atom is 0.205 e. The molecule has 0 bridgehead atoms. The van der Waals surface area contributed by atoms with E-state index in [1.54, 1.807) is 18.6 Å². The van der Waals surface area contributed by atoms with Crippen molar-refractivity contribution in [3.63, 3.8) is 0 Å². The van der Waals surface area contributed by atoms with E-state index in [0.717, 1.165) is 24.0 Å². The molecule has 0 spiro atoms. The third kappa shape index (κ3) is 2.63. The monoisotopic (exact) mass is 452 g/mol. The predicted molar refractivity (Wildman–Crippen MR) is 124 cm³/mol. The van der Waals surface area contributed by atoms with Gasteiger partial charge < -0.3 is 14.3 Å². The second kappa shape index (κ2) is 6.94. The molecule has 0 radical (unpaired) electrons. The van der Waals surface area contributed by atoms with E-state index < -0.39 is 22.3 Å². The fourth-order valence-electron chi connectivity index (χ4n) is 8.51. The van der Waals surface area contributed by atoms with Crippen LogP contribution in [0.25, 0.3) is 0 Å². The lowest BCUT2D eigenvalue weighted by Crippen LogP contribution is -2.63. The van der Waals surface area contributed by atoms with Gasteiger partial charge in [0.05, 0.1) is 31.2 Å². The highest BCUT2D eigenvalue weighted by Gasteiger charge is 2.70. The summed E-state index contributed by atoms with van der Waals surface area (Å²) in [6.45, 7) is 12.9. The number of allylic oxidation sites excluding steroid dienone is 3. The van der Waals surface area contributed by atoms with Crippen LogP contribution in [0.3, 0.4) is 0 Å². The van der Waals surface area contributed by atoms with E-state index >= 15 is 0 Å². The Kier molecular flexibility index (Phi) is 4.76. The maximum atomic E-state index is 13.8. The predicted octanol–water partition coefficient (Wildman–Crippen LogP) is 5.21. The summed E-state index contributed by atoms with van der Waals surface area (Å²) in [5.41, 5.74) is -0.0278. The van der Waals surface area contributed by atoms with E-state index in [2.05, 4.69) is 26.8 Å². The third-order valence-corrected chi connectivity index (χ3v) is 10.1. The lowest BCUT2D eigenvalue weighted by molar-refractivity contribution is -0.164. The number of carbonyl (C=O) groups is 2. The molecular formula is C28H36O5. The molecule has 5 heteroatoms. The van der Waals surface area contributed by atoms with Crippen molar-refractivity contribution < 1.29 is 23.8 Å². The summed E-state index contributed by atoms with van der Waals surface area (Å²) < 4.78 is 11.4. The van der Waals surface area contributed by atoms with Gasteiger partial charge in [0.1, 0.15) is 0 Å². The summed E-state index contributed by atoms with van der Waals surface area (Å²) >= 11 is 0. The molecule has 0 aliphatic heterocycles. The van der Waals surface area contributed by atoms with Gasteiger partial charge in [-0.15, -0.1) is 0 Å². The fraction of sp³-hybridized carbons (Fsp3) is 0.643. The Labute approximate surface area is 196 Å². The molecule has 7 atom stereocenters. The van der Waals surface area contributed by atoms with Gasteiger partial charge in [-0.3, -0.25) is 9.59 Å². The SMILES string of the molecule is CCOC1=C2[C@@]3(C)C(CC[C@@]2(C)[C@H](c2ccoc2)C1=O)[C@@]1(C)C=CC(=O)C(C)(C)C1C[C@H]3O. The van der Waals surface area contributed by atoms with Gasteiger partial charge >= 0.3 is 0 Å². The Morgan fingerprint density at radius 2 is 1.88 bits per heavy atom. The molecule has 1 aromatic heterocycles. The zero-order valence-corrected chi connectivity index (χ0v) is 20.6. The van der Waals surface area contributed by atoms with Gasteiger partial charge in [0.15, 0.2) is 11.5 Å². The summed E-state index contributed by atoms with van der Waals surface area (Å²) in [5.74, 6) is 0.325. The summed E-state index contributed by atoms with van der Waals surface area (Å²) in [5, 5.41) is 11.8. The van der Waals surface area contributed by atoms with Crippen LogP contribution in [0, 0.1) is 33.5 Å². The van der Waals surface area contributed by atoms with Crippen LogP contribution in [-0.2, 0) is 14.3 Å². The lowest BCUT2D eigenvalue weighted by Gasteiger charge is -2.65. The number of ether oxygens (including phenoxy) is 1. The number of hydrogen-bond donors (Lipinski definition) is 1. The van der Waals surface area contributed by atoms with Crippen LogP contribution in [-0.4, -0.2) is 29.4 Å². The minimum atomic E-state index is -0.667. The Morgan fingerprint density at radius 1 is 1.15 bits per heavy atom. The molecule has 4 aliphatic carbocycles. The number of aliphatic hydroxyl groups is 1. The number of furan rings is 1. The van der Waals surface area contributed by atoms with Gasteiger partial charge in [0, 0.05) is 21.8 Å². The highest BCUT2D eigenvalue weighted by molar-refractivity contribution is 6.04. The fourth-order valence-corrected chi connectivity index (χ4v) is 8.51. The average Bonchev–Trinajstić information content (AvgIpc) is 3.33. The first kappa shape index (κ1) is 22.6. The molecule has 4 aliphatic rings. The largest absolute Gasteiger partial charge is 0.490 e. The van der Waals surface area contributed by atoms with Crippen LogP contribution in [0.5, 0.6) is 0 Å². The first-order chi connectivity index (χ1) is 15.4. The standard InChI is InChI=1S/C28H36O5/c1-7-33-23-22(31)21(16-10-13-32-15-16)27(5)11-8-17-26(4)12-9-19(29)25(2,3)18(26)14-20(30)28(17,6)24(23)27/h9-10,12-13,15,17-18,20-21,30H,7-8,11,14H2,1-6H3/t17?,18?,20-,21-,26-,27+,28+/m1/s1. The van der Waals surface area contributed by atoms with Crippen LogP contribution in [0.2, 0.25) is 0 Å². The van der Waals surface area contributed by atoms with Crippen LogP contribution < -0.4 is 0 Å². The van der Waals surface area contributed by atoms with Crippen molar-refractivity contribution in [1.29, 1.82) is 0 Å². The molecule has 1 heterocycles. The van der Waals surface area contributed by atoms with Crippen molar-refractivity contribution in [2.45, 2.75) is 72.8 Å². The molecule has 0 aromatic carbocycles. The molecule has 33 heavy (non-hydrogen) atoms. The average molecular weight is 453 g/mol. The Hall–Kier alpha value is -2.14. The second-order valence-corrected chi connectivity index (χ2v) is 11.9. The minimum Gasteiger partial charge on any atom is -0.490 e.